The van der Waals surface area contributed by atoms with Crippen molar-refractivity contribution in [2.24, 2.45) is 0 Å². The predicted molar refractivity (Wildman–Crippen MR) is 123 cm³/mol. The molecule has 33 heavy (non-hydrogen) atoms. The van der Waals surface area contributed by atoms with Crippen molar-refractivity contribution in [3.63, 3.8) is 0 Å². The van der Waals surface area contributed by atoms with Gasteiger partial charge in [0.05, 0.1) is 31.3 Å². The Labute approximate surface area is 197 Å². The molecule has 1 aromatic carbocycles. The first-order chi connectivity index (χ1) is 15.9. The Morgan fingerprint density at radius 2 is 2.21 bits per heavy atom. The summed E-state index contributed by atoms with van der Waals surface area (Å²) >= 11 is 6.32. The van der Waals surface area contributed by atoms with Gasteiger partial charge in [0.15, 0.2) is 0 Å². The van der Waals surface area contributed by atoms with Crippen molar-refractivity contribution in [1.29, 1.82) is 5.26 Å². The lowest BCUT2D eigenvalue weighted by Crippen LogP contribution is -2.55. The number of piperazine rings is 1. The number of rotatable bonds is 6. The van der Waals surface area contributed by atoms with Gasteiger partial charge in [0.1, 0.15) is 11.6 Å². The van der Waals surface area contributed by atoms with Gasteiger partial charge in [0.2, 0.25) is 5.91 Å². The average molecular weight is 469 g/mol. The zero-order valence-corrected chi connectivity index (χ0v) is 19.1. The van der Waals surface area contributed by atoms with Gasteiger partial charge in [-0.15, -0.1) is 0 Å². The summed E-state index contributed by atoms with van der Waals surface area (Å²) in [6.07, 6.45) is 1.51. The molecular weight excluding hydrogens is 444 g/mol. The predicted octanol–water partition coefficient (Wildman–Crippen LogP) is 2.48. The summed E-state index contributed by atoms with van der Waals surface area (Å²) in [7, 11) is 1.53. The largest absolute Gasteiger partial charge is 0.508 e. The first-order valence-corrected chi connectivity index (χ1v) is 11.0. The zero-order valence-electron chi connectivity index (χ0n) is 18.4. The molecule has 9 nitrogen and oxygen atoms in total. The Morgan fingerprint density at radius 3 is 2.94 bits per heavy atom. The fourth-order valence-electron chi connectivity index (χ4n) is 4.40. The molecule has 2 aromatic rings. The van der Waals surface area contributed by atoms with E-state index in [0.717, 1.165) is 22.6 Å². The molecule has 4 rings (SSSR count). The smallest absolute Gasteiger partial charge is 0.318 e. The van der Waals surface area contributed by atoms with E-state index in [4.69, 9.17) is 16.3 Å². The van der Waals surface area contributed by atoms with E-state index in [1.165, 1.54) is 13.2 Å². The third kappa shape index (κ3) is 4.72. The van der Waals surface area contributed by atoms with Crippen LogP contribution in [0.5, 0.6) is 11.8 Å². The first-order valence-electron chi connectivity index (χ1n) is 10.6. The summed E-state index contributed by atoms with van der Waals surface area (Å²) in [4.78, 5) is 27.4. The van der Waals surface area contributed by atoms with Crippen molar-refractivity contribution in [2.75, 3.05) is 31.6 Å². The Morgan fingerprint density at radius 1 is 1.39 bits per heavy atom. The molecule has 1 aromatic heterocycles. The van der Waals surface area contributed by atoms with Gasteiger partial charge < -0.3 is 19.6 Å². The number of fused-ring (bicyclic) bond motifs is 1. The molecule has 1 amide bonds. The molecule has 1 atom stereocenters. The van der Waals surface area contributed by atoms with Crippen molar-refractivity contribution in [3.05, 3.63) is 52.7 Å². The molecule has 2 aliphatic rings. The van der Waals surface area contributed by atoms with Gasteiger partial charge in [-0.1, -0.05) is 18.2 Å². The second-order valence-electron chi connectivity index (χ2n) is 8.08. The van der Waals surface area contributed by atoms with E-state index in [9.17, 15) is 15.2 Å². The van der Waals surface area contributed by atoms with Crippen LogP contribution in [0.2, 0.25) is 5.02 Å². The number of carbonyl (C=O) groups excluding carboxylic acids is 1. The highest BCUT2D eigenvalue weighted by molar-refractivity contribution is 6.31. The van der Waals surface area contributed by atoms with Crippen molar-refractivity contribution in [3.8, 4) is 17.8 Å². The standard InChI is InChI=1S/C23H25ClN6O3/c1-3-21(32)30-9-8-29(12-16(30)6-7-25)22-18-13-28(14-20(18)26-23(27-22)33-2)11-15-10-17(31)4-5-19(15)24/h3-5,10,16,31H,1,6,8-9,11-14H2,2H3/t16-/m0/s1. The number of phenols is 1. The Hall–Kier alpha value is -3.35. The number of halogens is 1. The van der Waals surface area contributed by atoms with Gasteiger partial charge in [-0.3, -0.25) is 9.69 Å². The number of hydrogen-bond donors (Lipinski definition) is 1. The van der Waals surface area contributed by atoms with Crippen LogP contribution in [0.15, 0.2) is 30.9 Å². The highest BCUT2D eigenvalue weighted by Gasteiger charge is 2.34. The number of amides is 1. The fraction of sp³-hybridized carbons (Fsp3) is 0.391. The molecule has 1 saturated heterocycles. The second-order valence-corrected chi connectivity index (χ2v) is 8.49. The summed E-state index contributed by atoms with van der Waals surface area (Å²) in [6, 6.07) is 7.12. The van der Waals surface area contributed by atoms with Gasteiger partial charge in [-0.05, 0) is 29.8 Å². The van der Waals surface area contributed by atoms with Crippen LogP contribution in [0.4, 0.5) is 5.82 Å². The number of nitriles is 1. The number of aromatic hydroxyl groups is 1. The SMILES string of the molecule is C=CC(=O)N1CCN(c2nc(OC)nc3c2CN(Cc2cc(O)ccc2Cl)C3)C[C@@H]1CC#N. The molecule has 1 N–H and O–H groups in total. The molecule has 0 aliphatic carbocycles. The maximum absolute atomic E-state index is 12.3. The number of ether oxygens (including phenoxy) is 1. The third-order valence-electron chi connectivity index (χ3n) is 5.98. The first kappa shape index (κ1) is 22.8. The molecule has 0 bridgehead atoms. The Kier molecular flexibility index (Phi) is 6.67. The minimum Gasteiger partial charge on any atom is -0.508 e. The summed E-state index contributed by atoms with van der Waals surface area (Å²) in [5.41, 5.74) is 2.69. The highest BCUT2D eigenvalue weighted by Crippen LogP contribution is 2.34. The van der Waals surface area contributed by atoms with E-state index >= 15 is 0 Å². The van der Waals surface area contributed by atoms with Crippen LogP contribution in [0, 0.1) is 11.3 Å². The number of methoxy groups -OCH3 is 1. The van der Waals surface area contributed by atoms with Crippen molar-refractivity contribution >= 4 is 23.3 Å². The highest BCUT2D eigenvalue weighted by atomic mass is 35.5. The number of hydrogen-bond acceptors (Lipinski definition) is 8. The fourth-order valence-corrected chi connectivity index (χ4v) is 4.58. The van der Waals surface area contributed by atoms with Gasteiger partial charge in [-0.25, -0.2) is 0 Å². The molecule has 0 unspecified atom stereocenters. The van der Waals surface area contributed by atoms with Gasteiger partial charge in [0, 0.05) is 49.9 Å². The topological polar surface area (TPSA) is 106 Å². The molecular formula is C23H25ClN6O3. The Bertz CT molecular complexity index is 1120. The monoisotopic (exact) mass is 468 g/mol. The zero-order chi connectivity index (χ0) is 23.5. The second kappa shape index (κ2) is 9.65. The van der Waals surface area contributed by atoms with Crippen LogP contribution < -0.4 is 9.64 Å². The molecule has 172 valence electrons. The van der Waals surface area contributed by atoms with E-state index < -0.39 is 0 Å². The minimum atomic E-state index is -0.255. The van der Waals surface area contributed by atoms with Crippen LogP contribution in [-0.2, 0) is 24.4 Å². The molecule has 3 heterocycles. The normalized spacial score (nSPS) is 18.0. The minimum absolute atomic E-state index is 0.170. The average Bonchev–Trinajstić information content (AvgIpc) is 3.22. The molecule has 0 spiro atoms. The van der Waals surface area contributed by atoms with Crippen LogP contribution >= 0.6 is 11.6 Å². The maximum atomic E-state index is 12.3. The van der Waals surface area contributed by atoms with Crippen LogP contribution in [0.25, 0.3) is 0 Å². The lowest BCUT2D eigenvalue weighted by atomic mass is 10.1. The van der Waals surface area contributed by atoms with Gasteiger partial charge in [0.25, 0.3) is 0 Å². The van der Waals surface area contributed by atoms with Crippen molar-refractivity contribution in [1.82, 2.24) is 19.8 Å². The molecule has 1 fully saturated rings. The quantitative estimate of drug-likeness (QED) is 0.644. The van der Waals surface area contributed by atoms with E-state index in [0.29, 0.717) is 44.3 Å². The number of benzene rings is 1. The summed E-state index contributed by atoms with van der Waals surface area (Å²) in [5, 5.41) is 19.7. The van der Waals surface area contributed by atoms with Gasteiger partial charge in [-0.2, -0.15) is 15.2 Å². The van der Waals surface area contributed by atoms with Crippen LogP contribution in [0.1, 0.15) is 23.2 Å². The van der Waals surface area contributed by atoms with E-state index in [-0.39, 0.29) is 30.1 Å². The van der Waals surface area contributed by atoms with E-state index in [1.807, 2.05) is 0 Å². The van der Waals surface area contributed by atoms with Crippen molar-refractivity contribution in [2.45, 2.75) is 32.1 Å². The number of carbonyl (C=O) groups is 1. The van der Waals surface area contributed by atoms with E-state index in [2.05, 4.69) is 32.4 Å². The molecule has 0 saturated carbocycles. The summed E-state index contributed by atoms with van der Waals surface area (Å²) < 4.78 is 5.36. The summed E-state index contributed by atoms with van der Waals surface area (Å²) in [6.45, 7) is 6.85. The van der Waals surface area contributed by atoms with Crippen LogP contribution in [0.3, 0.4) is 0 Å². The maximum Gasteiger partial charge on any atom is 0.318 e. The van der Waals surface area contributed by atoms with Gasteiger partial charge >= 0.3 is 6.01 Å². The number of phenolic OH excluding ortho intramolecular Hbond substituents is 1. The molecule has 0 radical (unpaired) electrons. The lowest BCUT2D eigenvalue weighted by Gasteiger charge is -2.41. The molecule has 10 heteroatoms. The number of anilines is 1. The van der Waals surface area contributed by atoms with E-state index in [1.54, 1.807) is 23.1 Å². The molecule has 2 aliphatic heterocycles. The Balaban J connectivity index is 1.59. The number of nitrogens with zero attached hydrogens (tertiary/aromatic N) is 6. The van der Waals surface area contributed by atoms with Crippen LogP contribution in [-0.4, -0.2) is 63.6 Å². The summed E-state index contributed by atoms with van der Waals surface area (Å²) in [5.74, 6) is 0.758. The lowest BCUT2D eigenvalue weighted by molar-refractivity contribution is -0.128. The van der Waals surface area contributed by atoms with Crippen molar-refractivity contribution < 1.29 is 14.6 Å². The third-order valence-corrected chi connectivity index (χ3v) is 6.35. The number of aromatic nitrogens is 2.